The standard InChI is InChI=1S/C12H18N2O3/c1-4-6-7-9-14(3)12(17)13-10(8-5-2)11(15)16/h2,4,10H,1,6-9H2,3H3,(H,13,17)(H,15,16). The number of rotatable bonds is 7. The Balaban J connectivity index is 4.16. The van der Waals surface area contributed by atoms with Crippen molar-refractivity contribution in [2.24, 2.45) is 0 Å². The van der Waals surface area contributed by atoms with Crippen molar-refractivity contribution in [3.63, 3.8) is 0 Å². The molecule has 0 saturated heterocycles. The first-order chi connectivity index (χ1) is 8.02. The Kier molecular flexibility index (Phi) is 7.27. The van der Waals surface area contributed by atoms with E-state index in [0.717, 1.165) is 12.8 Å². The number of carbonyl (C=O) groups excluding carboxylic acids is 1. The Morgan fingerprint density at radius 3 is 2.76 bits per heavy atom. The molecule has 0 aromatic heterocycles. The molecule has 0 aliphatic carbocycles. The molecule has 0 heterocycles. The zero-order chi connectivity index (χ0) is 13.3. The van der Waals surface area contributed by atoms with Gasteiger partial charge < -0.3 is 15.3 Å². The molecule has 17 heavy (non-hydrogen) atoms. The van der Waals surface area contributed by atoms with Gasteiger partial charge in [0.15, 0.2) is 0 Å². The topological polar surface area (TPSA) is 69.6 Å². The molecule has 1 unspecified atom stereocenters. The molecule has 0 rings (SSSR count). The molecule has 0 fully saturated rings. The molecule has 2 N–H and O–H groups in total. The molecule has 0 aromatic rings. The van der Waals surface area contributed by atoms with Gasteiger partial charge in [0.1, 0.15) is 6.04 Å². The van der Waals surface area contributed by atoms with Crippen LogP contribution in [0, 0.1) is 12.3 Å². The van der Waals surface area contributed by atoms with Gasteiger partial charge in [-0.25, -0.2) is 9.59 Å². The molecule has 1 atom stereocenters. The van der Waals surface area contributed by atoms with E-state index in [-0.39, 0.29) is 6.42 Å². The maximum absolute atomic E-state index is 11.6. The minimum atomic E-state index is -1.13. The van der Waals surface area contributed by atoms with E-state index in [1.165, 1.54) is 4.90 Å². The summed E-state index contributed by atoms with van der Waals surface area (Å²) in [7, 11) is 1.60. The molecular weight excluding hydrogens is 220 g/mol. The number of carboxylic acids is 1. The molecule has 5 nitrogen and oxygen atoms in total. The largest absolute Gasteiger partial charge is 0.480 e. The fourth-order valence-electron chi connectivity index (χ4n) is 1.15. The second-order valence-electron chi connectivity index (χ2n) is 3.60. The third-order valence-electron chi connectivity index (χ3n) is 2.17. The monoisotopic (exact) mass is 238 g/mol. The summed E-state index contributed by atoms with van der Waals surface area (Å²) >= 11 is 0. The highest BCUT2D eigenvalue weighted by Crippen LogP contribution is 1.97. The number of carbonyl (C=O) groups is 2. The summed E-state index contributed by atoms with van der Waals surface area (Å²) in [5.74, 6) is 1.09. The van der Waals surface area contributed by atoms with Gasteiger partial charge in [-0.05, 0) is 12.8 Å². The van der Waals surface area contributed by atoms with E-state index in [4.69, 9.17) is 11.5 Å². The molecule has 0 aromatic carbocycles. The quantitative estimate of drug-likeness (QED) is 0.396. The number of hydrogen-bond acceptors (Lipinski definition) is 2. The Labute approximate surface area is 101 Å². The second-order valence-corrected chi connectivity index (χ2v) is 3.60. The van der Waals surface area contributed by atoms with Crippen molar-refractivity contribution in [2.45, 2.75) is 25.3 Å². The Bertz CT molecular complexity index is 320. The Morgan fingerprint density at radius 1 is 1.65 bits per heavy atom. The van der Waals surface area contributed by atoms with E-state index in [9.17, 15) is 9.59 Å². The molecule has 0 bridgehead atoms. The van der Waals surface area contributed by atoms with E-state index in [1.807, 2.05) is 0 Å². The summed E-state index contributed by atoms with van der Waals surface area (Å²) in [6, 6.07) is -1.47. The fraction of sp³-hybridized carbons (Fsp3) is 0.500. The van der Waals surface area contributed by atoms with Crippen LogP contribution in [0.1, 0.15) is 19.3 Å². The molecule has 94 valence electrons. The number of nitrogens with one attached hydrogen (secondary N) is 1. The minimum Gasteiger partial charge on any atom is -0.480 e. The zero-order valence-corrected chi connectivity index (χ0v) is 9.98. The number of urea groups is 1. The summed E-state index contributed by atoms with van der Waals surface area (Å²) in [5, 5.41) is 11.2. The minimum absolute atomic E-state index is 0.0262. The summed E-state index contributed by atoms with van der Waals surface area (Å²) in [5.41, 5.74) is 0. The number of terminal acetylenes is 1. The molecule has 2 amide bonds. The number of amides is 2. The van der Waals surface area contributed by atoms with E-state index < -0.39 is 18.0 Å². The van der Waals surface area contributed by atoms with Crippen molar-refractivity contribution >= 4 is 12.0 Å². The second kappa shape index (κ2) is 8.22. The summed E-state index contributed by atoms with van der Waals surface area (Å²) in [4.78, 5) is 23.8. The van der Waals surface area contributed by atoms with Crippen molar-refractivity contribution in [2.75, 3.05) is 13.6 Å². The van der Waals surface area contributed by atoms with Gasteiger partial charge >= 0.3 is 12.0 Å². The van der Waals surface area contributed by atoms with Gasteiger partial charge in [-0.3, -0.25) is 0 Å². The lowest BCUT2D eigenvalue weighted by Crippen LogP contribution is -2.46. The number of aliphatic carboxylic acids is 1. The van der Waals surface area contributed by atoms with Crippen LogP contribution in [0.4, 0.5) is 4.79 Å². The van der Waals surface area contributed by atoms with Crippen LogP contribution < -0.4 is 5.32 Å². The smallest absolute Gasteiger partial charge is 0.327 e. The number of allylic oxidation sites excluding steroid dienone is 1. The summed E-state index contributed by atoms with van der Waals surface area (Å²) < 4.78 is 0. The molecule has 0 saturated carbocycles. The zero-order valence-electron chi connectivity index (χ0n) is 9.98. The van der Waals surface area contributed by atoms with Gasteiger partial charge in [-0.1, -0.05) is 6.08 Å². The average Bonchev–Trinajstić information content (AvgIpc) is 2.28. The van der Waals surface area contributed by atoms with Gasteiger partial charge in [-0.2, -0.15) is 0 Å². The van der Waals surface area contributed by atoms with Crippen LogP contribution in [0.15, 0.2) is 12.7 Å². The number of hydrogen-bond donors (Lipinski definition) is 2. The first kappa shape index (κ1) is 15.0. The van der Waals surface area contributed by atoms with Gasteiger partial charge in [0, 0.05) is 20.0 Å². The summed E-state index contributed by atoms with van der Waals surface area (Å²) in [6.45, 7) is 4.12. The average molecular weight is 238 g/mol. The van der Waals surface area contributed by atoms with Gasteiger partial charge in [-0.15, -0.1) is 18.9 Å². The van der Waals surface area contributed by atoms with Crippen molar-refractivity contribution in [3.8, 4) is 12.3 Å². The number of carboxylic acid groups (broad SMARTS) is 1. The fourth-order valence-corrected chi connectivity index (χ4v) is 1.15. The maximum atomic E-state index is 11.6. The SMILES string of the molecule is C#CCC(NC(=O)N(C)CCCC=C)C(=O)O. The van der Waals surface area contributed by atoms with Crippen molar-refractivity contribution in [1.29, 1.82) is 0 Å². The molecule has 0 radical (unpaired) electrons. The lowest BCUT2D eigenvalue weighted by atomic mass is 10.2. The number of unbranched alkanes of at least 4 members (excludes halogenated alkanes) is 1. The third-order valence-corrected chi connectivity index (χ3v) is 2.17. The van der Waals surface area contributed by atoms with Gasteiger partial charge in [0.2, 0.25) is 0 Å². The van der Waals surface area contributed by atoms with Crippen LogP contribution in [0.3, 0.4) is 0 Å². The lowest BCUT2D eigenvalue weighted by Gasteiger charge is -2.20. The van der Waals surface area contributed by atoms with Crippen LogP contribution >= 0.6 is 0 Å². The molecular formula is C12H18N2O3. The maximum Gasteiger partial charge on any atom is 0.327 e. The van der Waals surface area contributed by atoms with Crippen molar-refractivity contribution in [3.05, 3.63) is 12.7 Å². The van der Waals surface area contributed by atoms with E-state index >= 15 is 0 Å². The lowest BCUT2D eigenvalue weighted by molar-refractivity contribution is -0.139. The van der Waals surface area contributed by atoms with E-state index in [2.05, 4.69) is 17.8 Å². The normalized spacial score (nSPS) is 11.1. The highest BCUT2D eigenvalue weighted by molar-refractivity contribution is 5.82. The van der Waals surface area contributed by atoms with Crippen LogP contribution in [0.25, 0.3) is 0 Å². The van der Waals surface area contributed by atoms with Crippen LogP contribution in [0.5, 0.6) is 0 Å². The predicted molar refractivity (Wildman–Crippen MR) is 65.5 cm³/mol. The first-order valence-corrected chi connectivity index (χ1v) is 5.31. The van der Waals surface area contributed by atoms with Gasteiger partial charge in [0.05, 0.1) is 0 Å². The van der Waals surface area contributed by atoms with Crippen LogP contribution in [-0.4, -0.2) is 41.6 Å². The molecule has 0 aliphatic heterocycles. The predicted octanol–water partition coefficient (Wildman–Crippen LogP) is 1.07. The number of nitrogens with zero attached hydrogens (tertiary/aromatic N) is 1. The van der Waals surface area contributed by atoms with Crippen molar-refractivity contribution in [1.82, 2.24) is 10.2 Å². The van der Waals surface area contributed by atoms with Crippen molar-refractivity contribution < 1.29 is 14.7 Å². The van der Waals surface area contributed by atoms with Crippen LogP contribution in [0.2, 0.25) is 0 Å². The molecule has 0 spiro atoms. The van der Waals surface area contributed by atoms with E-state index in [0.29, 0.717) is 6.54 Å². The van der Waals surface area contributed by atoms with Crippen LogP contribution in [-0.2, 0) is 4.79 Å². The summed E-state index contributed by atoms with van der Waals surface area (Å²) in [6.07, 6.45) is 8.37. The third kappa shape index (κ3) is 6.25. The Morgan fingerprint density at radius 2 is 2.29 bits per heavy atom. The molecule has 5 heteroatoms. The Hall–Kier alpha value is -1.96. The highest BCUT2D eigenvalue weighted by atomic mass is 16.4. The van der Waals surface area contributed by atoms with Gasteiger partial charge in [0.25, 0.3) is 0 Å². The highest BCUT2D eigenvalue weighted by Gasteiger charge is 2.20. The first-order valence-electron chi connectivity index (χ1n) is 5.31. The molecule has 0 aliphatic rings. The van der Waals surface area contributed by atoms with E-state index in [1.54, 1.807) is 13.1 Å².